The number of aromatic nitrogens is 2. The summed E-state index contributed by atoms with van der Waals surface area (Å²) >= 11 is 1.28. The van der Waals surface area contributed by atoms with Gasteiger partial charge in [-0.15, -0.1) is 11.8 Å². The molecule has 2 unspecified atom stereocenters. The normalized spacial score (nSPS) is 12.9. The highest BCUT2D eigenvalue weighted by Gasteiger charge is 2.20. The molecule has 3 N–H and O–H groups in total. The molecule has 170 valence electrons. The summed E-state index contributed by atoms with van der Waals surface area (Å²) in [6, 6.07) is 19.9. The van der Waals surface area contributed by atoms with E-state index in [2.05, 4.69) is 39.0 Å². The molecule has 2 amide bonds. The van der Waals surface area contributed by atoms with Crippen molar-refractivity contribution in [2.75, 3.05) is 17.6 Å². The first-order valence-electron chi connectivity index (χ1n) is 10.7. The highest BCUT2D eigenvalue weighted by molar-refractivity contribution is 8.01. The van der Waals surface area contributed by atoms with Crippen LogP contribution in [0.3, 0.4) is 0 Å². The second kappa shape index (κ2) is 10.4. The lowest BCUT2D eigenvalue weighted by molar-refractivity contribution is -0.118. The number of nitrogens with one attached hydrogen (secondary N) is 3. The predicted molar refractivity (Wildman–Crippen MR) is 131 cm³/mol. The minimum Gasteiger partial charge on any atom is -0.361 e. The minimum atomic E-state index is -0.411. The molecule has 0 saturated carbocycles. The Morgan fingerprint density at radius 2 is 1.88 bits per heavy atom. The van der Waals surface area contributed by atoms with E-state index in [-0.39, 0.29) is 23.5 Å². The number of carbonyl (C=O) groups is 2. The molecule has 2 atom stereocenters. The number of thioether (sulfide) groups is 1. The number of amides is 2. The number of aryl methyl sites for hydroxylation is 1. The van der Waals surface area contributed by atoms with Gasteiger partial charge < -0.3 is 20.1 Å². The molecular formula is C25H26N4O3S. The van der Waals surface area contributed by atoms with E-state index in [1.807, 2.05) is 42.6 Å². The lowest BCUT2D eigenvalue weighted by Gasteiger charge is -2.18. The van der Waals surface area contributed by atoms with Crippen LogP contribution < -0.4 is 10.6 Å². The number of para-hydroxylation sites is 1. The molecule has 0 fully saturated rings. The van der Waals surface area contributed by atoms with Crippen molar-refractivity contribution in [1.82, 2.24) is 15.5 Å². The maximum Gasteiger partial charge on any atom is 0.238 e. The Hall–Kier alpha value is -3.52. The first-order valence-corrected chi connectivity index (χ1v) is 11.8. The third-order valence-corrected chi connectivity index (χ3v) is 6.56. The SMILES string of the molecule is Cc1cc(NC(=O)C(C)SCC(=O)NCC(c2ccccc2)c2c[nH]c3ccccc23)no1. The van der Waals surface area contributed by atoms with Crippen molar-refractivity contribution in [2.45, 2.75) is 25.0 Å². The number of aromatic amines is 1. The second-order valence-corrected chi connectivity index (χ2v) is 9.15. The Balaban J connectivity index is 1.36. The van der Waals surface area contributed by atoms with Crippen LogP contribution in [0.25, 0.3) is 10.9 Å². The van der Waals surface area contributed by atoms with Crippen LogP contribution in [-0.4, -0.2) is 39.5 Å². The van der Waals surface area contributed by atoms with Gasteiger partial charge in [0.25, 0.3) is 0 Å². The molecular weight excluding hydrogens is 436 g/mol. The standard InChI is InChI=1S/C25H26N4O3S/c1-16-12-23(29-32-16)28-25(31)17(2)33-15-24(30)27-13-20(18-8-4-3-5-9-18)21-14-26-22-11-7-6-10-19(21)22/h3-12,14,17,20,26H,13,15H2,1-2H3,(H,27,30)(H,28,29,31). The van der Waals surface area contributed by atoms with Crippen LogP contribution in [0.2, 0.25) is 0 Å². The summed E-state index contributed by atoms with van der Waals surface area (Å²) in [6.45, 7) is 3.98. The van der Waals surface area contributed by atoms with Crippen LogP contribution in [0.15, 0.2) is 71.4 Å². The van der Waals surface area contributed by atoms with Crippen LogP contribution in [-0.2, 0) is 9.59 Å². The molecule has 33 heavy (non-hydrogen) atoms. The van der Waals surface area contributed by atoms with Crippen LogP contribution in [0.4, 0.5) is 5.82 Å². The average Bonchev–Trinajstić information content (AvgIpc) is 3.44. The number of anilines is 1. The summed E-state index contributed by atoms with van der Waals surface area (Å²) < 4.78 is 4.95. The maximum atomic E-state index is 12.6. The van der Waals surface area contributed by atoms with E-state index >= 15 is 0 Å². The van der Waals surface area contributed by atoms with Gasteiger partial charge in [0.2, 0.25) is 11.8 Å². The van der Waals surface area contributed by atoms with E-state index in [0.29, 0.717) is 18.1 Å². The quantitative estimate of drug-likeness (QED) is 0.341. The fourth-order valence-corrected chi connectivity index (χ4v) is 4.39. The molecule has 2 aromatic carbocycles. The molecule has 0 aliphatic rings. The van der Waals surface area contributed by atoms with Gasteiger partial charge in [-0.1, -0.05) is 53.7 Å². The maximum absolute atomic E-state index is 12.6. The van der Waals surface area contributed by atoms with Crippen molar-refractivity contribution in [3.05, 3.63) is 83.7 Å². The summed E-state index contributed by atoms with van der Waals surface area (Å²) in [5.41, 5.74) is 3.34. The molecule has 0 aliphatic carbocycles. The average molecular weight is 463 g/mol. The monoisotopic (exact) mass is 462 g/mol. The molecule has 8 heteroatoms. The molecule has 0 aliphatic heterocycles. The van der Waals surface area contributed by atoms with E-state index in [0.717, 1.165) is 22.0 Å². The minimum absolute atomic E-state index is 0.00688. The predicted octanol–water partition coefficient (Wildman–Crippen LogP) is 4.47. The van der Waals surface area contributed by atoms with Gasteiger partial charge in [0.15, 0.2) is 5.82 Å². The summed E-state index contributed by atoms with van der Waals surface area (Å²) in [5, 5.41) is 10.2. The number of nitrogens with zero attached hydrogens (tertiary/aromatic N) is 1. The summed E-state index contributed by atoms with van der Waals surface area (Å²) in [5.74, 6) is 0.848. The summed E-state index contributed by atoms with van der Waals surface area (Å²) in [7, 11) is 0. The smallest absolute Gasteiger partial charge is 0.238 e. The second-order valence-electron chi connectivity index (χ2n) is 7.82. The van der Waals surface area contributed by atoms with Crippen molar-refractivity contribution >= 4 is 40.3 Å². The Morgan fingerprint density at radius 1 is 1.12 bits per heavy atom. The fraction of sp³-hybridized carbons (Fsp3) is 0.240. The molecule has 0 spiro atoms. The van der Waals surface area contributed by atoms with Crippen LogP contribution in [0, 0.1) is 6.92 Å². The molecule has 0 radical (unpaired) electrons. The number of carbonyl (C=O) groups excluding carboxylic acids is 2. The van der Waals surface area contributed by atoms with Crippen molar-refractivity contribution in [1.29, 1.82) is 0 Å². The Kier molecular flexibility index (Phi) is 7.14. The van der Waals surface area contributed by atoms with E-state index in [4.69, 9.17) is 4.52 Å². The van der Waals surface area contributed by atoms with Crippen molar-refractivity contribution in [2.24, 2.45) is 0 Å². The molecule has 4 rings (SSSR count). The van der Waals surface area contributed by atoms with Gasteiger partial charge in [0, 0.05) is 35.6 Å². The first-order chi connectivity index (χ1) is 16.0. The van der Waals surface area contributed by atoms with E-state index in [1.54, 1.807) is 19.9 Å². The number of benzene rings is 2. The zero-order chi connectivity index (χ0) is 23.2. The molecule has 2 aromatic heterocycles. The van der Waals surface area contributed by atoms with Crippen molar-refractivity contribution in [3.63, 3.8) is 0 Å². The van der Waals surface area contributed by atoms with Crippen LogP contribution in [0.5, 0.6) is 0 Å². The molecule has 0 saturated heterocycles. The molecule has 2 heterocycles. The summed E-state index contributed by atoms with van der Waals surface area (Å²) in [6.07, 6.45) is 2.02. The molecule has 7 nitrogen and oxygen atoms in total. The number of hydrogen-bond acceptors (Lipinski definition) is 5. The highest BCUT2D eigenvalue weighted by Crippen LogP contribution is 2.30. The Morgan fingerprint density at radius 3 is 2.64 bits per heavy atom. The van der Waals surface area contributed by atoms with Gasteiger partial charge >= 0.3 is 0 Å². The van der Waals surface area contributed by atoms with Crippen LogP contribution >= 0.6 is 11.8 Å². The highest BCUT2D eigenvalue weighted by atomic mass is 32.2. The van der Waals surface area contributed by atoms with Crippen molar-refractivity contribution in [3.8, 4) is 0 Å². The summed E-state index contributed by atoms with van der Waals surface area (Å²) in [4.78, 5) is 28.2. The molecule has 4 aromatic rings. The zero-order valence-electron chi connectivity index (χ0n) is 18.5. The van der Waals surface area contributed by atoms with Gasteiger partial charge in [-0.2, -0.15) is 0 Å². The van der Waals surface area contributed by atoms with Gasteiger partial charge in [-0.05, 0) is 31.0 Å². The number of hydrogen-bond donors (Lipinski definition) is 3. The Bertz CT molecular complexity index is 1230. The lowest BCUT2D eigenvalue weighted by atomic mass is 9.91. The zero-order valence-corrected chi connectivity index (χ0v) is 19.3. The third kappa shape index (κ3) is 5.64. The van der Waals surface area contributed by atoms with Gasteiger partial charge in [-0.3, -0.25) is 9.59 Å². The van der Waals surface area contributed by atoms with Crippen LogP contribution in [0.1, 0.15) is 29.7 Å². The van der Waals surface area contributed by atoms with E-state index in [9.17, 15) is 9.59 Å². The number of fused-ring (bicyclic) bond motifs is 1. The fourth-order valence-electron chi connectivity index (χ4n) is 3.67. The van der Waals surface area contributed by atoms with Gasteiger partial charge in [0.1, 0.15) is 5.76 Å². The van der Waals surface area contributed by atoms with Gasteiger partial charge in [-0.25, -0.2) is 0 Å². The number of rotatable bonds is 9. The molecule has 0 bridgehead atoms. The van der Waals surface area contributed by atoms with Gasteiger partial charge in [0.05, 0.1) is 11.0 Å². The largest absolute Gasteiger partial charge is 0.361 e. The van der Waals surface area contributed by atoms with Crippen molar-refractivity contribution < 1.29 is 14.1 Å². The topological polar surface area (TPSA) is 100 Å². The Labute approximate surface area is 196 Å². The first kappa shape index (κ1) is 22.7. The lowest BCUT2D eigenvalue weighted by Crippen LogP contribution is -2.32. The van der Waals surface area contributed by atoms with E-state index in [1.165, 1.54) is 11.8 Å². The third-order valence-electron chi connectivity index (χ3n) is 5.41. The van der Waals surface area contributed by atoms with E-state index < -0.39 is 5.25 Å². The number of H-pyrrole nitrogens is 1.